The minimum atomic E-state index is -0.338. The highest BCUT2D eigenvalue weighted by Crippen LogP contribution is 2.27. The molecule has 0 saturated carbocycles. The van der Waals surface area contributed by atoms with E-state index in [4.69, 9.17) is 4.74 Å². The van der Waals surface area contributed by atoms with Gasteiger partial charge in [-0.3, -0.25) is 9.59 Å². The number of hydrogen-bond acceptors (Lipinski definition) is 4. The maximum absolute atomic E-state index is 13.0. The summed E-state index contributed by atoms with van der Waals surface area (Å²) in [6, 6.07) is 5.59. The minimum absolute atomic E-state index is 0.216. The van der Waals surface area contributed by atoms with Gasteiger partial charge in [0.15, 0.2) is 5.82 Å². The average Bonchev–Trinajstić information content (AvgIpc) is 3.06. The van der Waals surface area contributed by atoms with Crippen molar-refractivity contribution in [3.05, 3.63) is 41.0 Å². The molecule has 0 unspecified atom stereocenters. The summed E-state index contributed by atoms with van der Waals surface area (Å²) in [6.45, 7) is 7.29. The second-order valence-electron chi connectivity index (χ2n) is 7.60. The van der Waals surface area contributed by atoms with Crippen molar-refractivity contribution >= 4 is 17.5 Å². The van der Waals surface area contributed by atoms with Crippen LogP contribution in [0, 0.1) is 12.8 Å². The molecule has 0 radical (unpaired) electrons. The molecule has 2 N–H and O–H groups in total. The lowest BCUT2D eigenvalue weighted by atomic mass is 10.1. The summed E-state index contributed by atoms with van der Waals surface area (Å²) in [5, 5.41) is 5.80. The normalized spacial score (nSPS) is 13.2. The number of benzene rings is 1. The number of carbonyl (C=O) groups is 2. The van der Waals surface area contributed by atoms with Gasteiger partial charge in [-0.2, -0.15) is 0 Å². The third kappa shape index (κ3) is 4.18. The van der Waals surface area contributed by atoms with Gasteiger partial charge in [-0.15, -0.1) is 0 Å². The lowest BCUT2D eigenvalue weighted by Gasteiger charge is -2.17. The number of nitrogens with one attached hydrogen (secondary N) is 2. The Labute approximate surface area is 165 Å². The number of aryl methyl sites for hydroxylation is 1. The van der Waals surface area contributed by atoms with Crippen molar-refractivity contribution in [1.29, 1.82) is 0 Å². The predicted molar refractivity (Wildman–Crippen MR) is 108 cm³/mol. The Hall–Kier alpha value is -2.83. The lowest BCUT2D eigenvalue weighted by molar-refractivity contribution is 0.0943. The molecule has 150 valence electrons. The molecule has 7 heteroatoms. The number of amides is 2. The minimum Gasteiger partial charge on any atom is -0.495 e. The number of carbonyl (C=O) groups excluding carboxylic acids is 2. The van der Waals surface area contributed by atoms with Gasteiger partial charge in [0.1, 0.15) is 11.4 Å². The van der Waals surface area contributed by atoms with Gasteiger partial charge in [-0.25, -0.2) is 4.98 Å². The van der Waals surface area contributed by atoms with E-state index in [1.807, 2.05) is 43.5 Å². The van der Waals surface area contributed by atoms with Crippen LogP contribution in [0.25, 0.3) is 0 Å². The Kier molecular flexibility index (Phi) is 6.02. The van der Waals surface area contributed by atoms with Crippen LogP contribution in [0.5, 0.6) is 5.75 Å². The zero-order valence-corrected chi connectivity index (χ0v) is 17.0. The van der Waals surface area contributed by atoms with E-state index >= 15 is 0 Å². The summed E-state index contributed by atoms with van der Waals surface area (Å²) in [4.78, 5) is 30.0. The number of imidazole rings is 1. The van der Waals surface area contributed by atoms with Gasteiger partial charge >= 0.3 is 0 Å². The van der Waals surface area contributed by atoms with Crippen LogP contribution in [0.2, 0.25) is 0 Å². The van der Waals surface area contributed by atoms with E-state index in [9.17, 15) is 9.59 Å². The fourth-order valence-corrected chi connectivity index (χ4v) is 3.38. The molecule has 2 heterocycles. The quantitative estimate of drug-likeness (QED) is 0.801. The van der Waals surface area contributed by atoms with Crippen molar-refractivity contribution in [1.82, 2.24) is 14.9 Å². The fraction of sp³-hybridized carbons (Fsp3) is 0.476. The molecule has 1 aliphatic heterocycles. The standard InChI is InChI=1S/C21H28N4O3/c1-13(2)12-22-20(26)18-16-7-5-6-10-25(16)19(24-18)21(27)23-15-11-14(3)8-9-17(15)28-4/h8-9,11,13H,5-7,10,12H2,1-4H3,(H,22,26)(H,23,27). The number of rotatable bonds is 6. The van der Waals surface area contributed by atoms with Crippen LogP contribution in [-0.2, 0) is 13.0 Å². The van der Waals surface area contributed by atoms with E-state index in [0.717, 1.165) is 30.5 Å². The number of ether oxygens (including phenoxy) is 1. The molecule has 0 spiro atoms. The van der Waals surface area contributed by atoms with Crippen molar-refractivity contribution < 1.29 is 14.3 Å². The fourth-order valence-electron chi connectivity index (χ4n) is 3.38. The zero-order chi connectivity index (χ0) is 20.3. The molecule has 0 aliphatic carbocycles. The second kappa shape index (κ2) is 8.46. The Balaban J connectivity index is 1.90. The van der Waals surface area contributed by atoms with Gasteiger partial charge in [0.2, 0.25) is 0 Å². The van der Waals surface area contributed by atoms with Crippen molar-refractivity contribution in [3.63, 3.8) is 0 Å². The average molecular weight is 384 g/mol. The molecule has 1 aliphatic rings. The third-order valence-corrected chi connectivity index (χ3v) is 4.81. The monoisotopic (exact) mass is 384 g/mol. The van der Waals surface area contributed by atoms with Crippen molar-refractivity contribution in [2.75, 3.05) is 19.0 Å². The van der Waals surface area contributed by atoms with E-state index in [1.165, 1.54) is 0 Å². The van der Waals surface area contributed by atoms with Crippen LogP contribution in [0.3, 0.4) is 0 Å². The molecule has 1 aromatic carbocycles. The molecule has 1 aromatic heterocycles. The van der Waals surface area contributed by atoms with E-state index in [-0.39, 0.29) is 17.6 Å². The maximum Gasteiger partial charge on any atom is 0.291 e. The van der Waals surface area contributed by atoms with Gasteiger partial charge in [0, 0.05) is 13.1 Å². The SMILES string of the molecule is COc1ccc(C)cc1NC(=O)c1nc(C(=O)NCC(C)C)c2n1CCCC2. The number of nitrogens with zero attached hydrogens (tertiary/aromatic N) is 2. The molecule has 0 bridgehead atoms. The maximum atomic E-state index is 13.0. The highest BCUT2D eigenvalue weighted by molar-refractivity contribution is 6.04. The van der Waals surface area contributed by atoms with Crippen LogP contribution in [0.4, 0.5) is 5.69 Å². The number of aromatic nitrogens is 2. The van der Waals surface area contributed by atoms with Crippen molar-refractivity contribution in [2.45, 2.75) is 46.6 Å². The second-order valence-corrected chi connectivity index (χ2v) is 7.60. The van der Waals surface area contributed by atoms with E-state index < -0.39 is 0 Å². The third-order valence-electron chi connectivity index (χ3n) is 4.81. The van der Waals surface area contributed by atoms with Gasteiger partial charge in [0.25, 0.3) is 11.8 Å². The van der Waals surface area contributed by atoms with Crippen LogP contribution in [0.15, 0.2) is 18.2 Å². The summed E-state index contributed by atoms with van der Waals surface area (Å²) >= 11 is 0. The van der Waals surface area contributed by atoms with E-state index in [2.05, 4.69) is 15.6 Å². The largest absolute Gasteiger partial charge is 0.495 e. The van der Waals surface area contributed by atoms with Gasteiger partial charge in [0.05, 0.1) is 18.5 Å². The van der Waals surface area contributed by atoms with Gasteiger partial charge in [-0.1, -0.05) is 19.9 Å². The lowest BCUT2D eigenvalue weighted by Crippen LogP contribution is -2.29. The highest BCUT2D eigenvalue weighted by atomic mass is 16.5. The first-order chi connectivity index (χ1) is 13.4. The molecule has 2 aromatic rings. The molecule has 7 nitrogen and oxygen atoms in total. The summed E-state index contributed by atoms with van der Waals surface area (Å²) in [6.07, 6.45) is 2.70. The molecular weight excluding hydrogens is 356 g/mol. The Bertz CT molecular complexity index is 886. The van der Waals surface area contributed by atoms with Crippen molar-refractivity contribution in [2.24, 2.45) is 5.92 Å². The predicted octanol–water partition coefficient (Wildman–Crippen LogP) is 3.17. The first-order valence-corrected chi connectivity index (χ1v) is 9.74. The smallest absolute Gasteiger partial charge is 0.291 e. The molecule has 0 fully saturated rings. The number of anilines is 1. The summed E-state index contributed by atoms with van der Waals surface area (Å²) in [7, 11) is 1.56. The first-order valence-electron chi connectivity index (χ1n) is 9.74. The number of methoxy groups -OCH3 is 1. The summed E-state index contributed by atoms with van der Waals surface area (Å²) < 4.78 is 7.22. The highest BCUT2D eigenvalue weighted by Gasteiger charge is 2.27. The topological polar surface area (TPSA) is 85.2 Å². The Morgan fingerprint density at radius 3 is 2.75 bits per heavy atom. The molecule has 0 saturated heterocycles. The molecule has 3 rings (SSSR count). The van der Waals surface area contributed by atoms with Crippen LogP contribution >= 0.6 is 0 Å². The summed E-state index contributed by atoms with van der Waals surface area (Å²) in [5.74, 6) is 0.646. The number of fused-ring (bicyclic) bond motifs is 1. The van der Waals surface area contributed by atoms with Gasteiger partial charge < -0.3 is 19.9 Å². The molecule has 0 atom stereocenters. The van der Waals surface area contributed by atoms with E-state index in [0.29, 0.717) is 36.1 Å². The Morgan fingerprint density at radius 1 is 1.25 bits per heavy atom. The van der Waals surface area contributed by atoms with Crippen LogP contribution in [-0.4, -0.2) is 35.0 Å². The Morgan fingerprint density at radius 2 is 2.04 bits per heavy atom. The zero-order valence-electron chi connectivity index (χ0n) is 17.0. The number of hydrogen-bond donors (Lipinski definition) is 2. The van der Waals surface area contributed by atoms with Crippen LogP contribution in [0.1, 0.15) is 59.1 Å². The van der Waals surface area contributed by atoms with Gasteiger partial charge in [-0.05, 0) is 49.8 Å². The molecular formula is C21H28N4O3. The van der Waals surface area contributed by atoms with Crippen molar-refractivity contribution in [3.8, 4) is 5.75 Å². The first kappa shape index (κ1) is 19.9. The molecule has 2 amide bonds. The van der Waals surface area contributed by atoms with E-state index in [1.54, 1.807) is 7.11 Å². The molecule has 28 heavy (non-hydrogen) atoms. The summed E-state index contributed by atoms with van der Waals surface area (Å²) in [5.41, 5.74) is 2.80. The van der Waals surface area contributed by atoms with Crippen LogP contribution < -0.4 is 15.4 Å².